The van der Waals surface area contributed by atoms with Crippen LogP contribution in [-0.4, -0.2) is 11.1 Å². The summed E-state index contributed by atoms with van der Waals surface area (Å²) in [4.78, 5) is 4.21. The fourth-order valence-corrected chi connectivity index (χ4v) is 1.76. The molecule has 0 spiro atoms. The van der Waals surface area contributed by atoms with Gasteiger partial charge in [-0.15, -0.1) is 0 Å². The molecular formula is C14H14Cl2N2O2. The van der Waals surface area contributed by atoms with Crippen LogP contribution in [0.3, 0.4) is 0 Å². The minimum absolute atomic E-state index is 0.0231. The highest BCUT2D eigenvalue weighted by molar-refractivity contribution is 6.42. The average Bonchev–Trinajstić information content (AvgIpc) is 2.37. The molecule has 1 heterocycles. The zero-order valence-electron chi connectivity index (χ0n) is 11.1. The SMILES string of the molecule is CC(C)Oc1nc(Oc2ccc(Cl)c(Cl)c2)ccc1N. The lowest BCUT2D eigenvalue weighted by atomic mass is 10.3. The summed E-state index contributed by atoms with van der Waals surface area (Å²) < 4.78 is 11.1. The number of hydrogen-bond acceptors (Lipinski definition) is 4. The van der Waals surface area contributed by atoms with Crippen molar-refractivity contribution >= 4 is 28.9 Å². The van der Waals surface area contributed by atoms with Gasteiger partial charge < -0.3 is 15.2 Å². The standard InChI is InChI=1S/C14H14Cl2N2O2/c1-8(2)19-14-12(17)5-6-13(18-14)20-9-3-4-10(15)11(16)7-9/h3-8H,17H2,1-2H3. The predicted molar refractivity (Wildman–Crippen MR) is 80.9 cm³/mol. The molecule has 2 rings (SSSR count). The van der Waals surface area contributed by atoms with Crippen molar-refractivity contribution in [2.45, 2.75) is 20.0 Å². The number of nitrogens with zero attached hydrogens (tertiary/aromatic N) is 1. The first-order valence-corrected chi connectivity index (χ1v) is 6.77. The lowest BCUT2D eigenvalue weighted by molar-refractivity contribution is 0.232. The van der Waals surface area contributed by atoms with Crippen LogP contribution in [0.1, 0.15) is 13.8 Å². The molecular weight excluding hydrogens is 299 g/mol. The molecule has 0 amide bonds. The van der Waals surface area contributed by atoms with E-state index in [1.807, 2.05) is 13.8 Å². The third-order valence-electron chi connectivity index (χ3n) is 2.32. The Hall–Kier alpha value is -1.65. The Morgan fingerprint density at radius 1 is 1.10 bits per heavy atom. The van der Waals surface area contributed by atoms with Crippen molar-refractivity contribution in [1.82, 2.24) is 4.98 Å². The third kappa shape index (κ3) is 3.68. The number of ether oxygens (including phenoxy) is 2. The topological polar surface area (TPSA) is 57.4 Å². The monoisotopic (exact) mass is 312 g/mol. The van der Waals surface area contributed by atoms with Gasteiger partial charge in [-0.1, -0.05) is 23.2 Å². The van der Waals surface area contributed by atoms with Gasteiger partial charge in [0.05, 0.1) is 21.8 Å². The number of halogens is 2. The van der Waals surface area contributed by atoms with Gasteiger partial charge in [0.15, 0.2) is 0 Å². The highest BCUT2D eigenvalue weighted by atomic mass is 35.5. The molecule has 0 radical (unpaired) electrons. The highest BCUT2D eigenvalue weighted by Gasteiger charge is 2.08. The van der Waals surface area contributed by atoms with Gasteiger partial charge in [0.25, 0.3) is 0 Å². The van der Waals surface area contributed by atoms with Crippen LogP contribution in [0.4, 0.5) is 5.69 Å². The van der Waals surface area contributed by atoms with Crippen molar-refractivity contribution in [3.05, 3.63) is 40.4 Å². The molecule has 0 unspecified atom stereocenters. The van der Waals surface area contributed by atoms with Gasteiger partial charge in [-0.3, -0.25) is 0 Å². The minimum Gasteiger partial charge on any atom is -0.473 e. The van der Waals surface area contributed by atoms with Crippen LogP contribution in [0, 0.1) is 0 Å². The summed E-state index contributed by atoms with van der Waals surface area (Å²) in [7, 11) is 0. The Morgan fingerprint density at radius 3 is 2.50 bits per heavy atom. The van der Waals surface area contributed by atoms with Gasteiger partial charge >= 0.3 is 0 Å². The Kier molecular flexibility index (Phi) is 4.57. The van der Waals surface area contributed by atoms with Crippen molar-refractivity contribution in [2.75, 3.05) is 5.73 Å². The molecule has 6 heteroatoms. The van der Waals surface area contributed by atoms with Crippen molar-refractivity contribution < 1.29 is 9.47 Å². The van der Waals surface area contributed by atoms with Gasteiger partial charge in [0.1, 0.15) is 5.75 Å². The molecule has 0 saturated heterocycles. The van der Waals surface area contributed by atoms with Gasteiger partial charge in [-0.2, -0.15) is 4.98 Å². The molecule has 0 atom stereocenters. The van der Waals surface area contributed by atoms with Crippen LogP contribution >= 0.6 is 23.2 Å². The van der Waals surface area contributed by atoms with Gasteiger partial charge in [-0.05, 0) is 32.0 Å². The van der Waals surface area contributed by atoms with E-state index in [0.29, 0.717) is 33.2 Å². The third-order valence-corrected chi connectivity index (χ3v) is 3.06. The van der Waals surface area contributed by atoms with Gasteiger partial charge in [0, 0.05) is 12.1 Å². The summed E-state index contributed by atoms with van der Waals surface area (Å²) in [5.41, 5.74) is 6.25. The number of rotatable bonds is 4. The Bertz CT molecular complexity index is 618. The second-order valence-electron chi connectivity index (χ2n) is 4.39. The normalized spacial score (nSPS) is 10.7. The molecule has 2 N–H and O–H groups in total. The highest BCUT2D eigenvalue weighted by Crippen LogP contribution is 2.30. The summed E-state index contributed by atoms with van der Waals surface area (Å²) in [5.74, 6) is 1.25. The van der Waals surface area contributed by atoms with E-state index in [2.05, 4.69) is 4.98 Å². The largest absolute Gasteiger partial charge is 0.473 e. The molecule has 0 aliphatic carbocycles. The number of pyridine rings is 1. The zero-order chi connectivity index (χ0) is 14.7. The van der Waals surface area contributed by atoms with Crippen molar-refractivity contribution in [3.8, 4) is 17.5 Å². The van der Waals surface area contributed by atoms with Gasteiger partial charge in [-0.25, -0.2) is 0 Å². The van der Waals surface area contributed by atoms with Crippen LogP contribution < -0.4 is 15.2 Å². The minimum atomic E-state index is -0.0231. The fourth-order valence-electron chi connectivity index (χ4n) is 1.47. The lowest BCUT2D eigenvalue weighted by Gasteiger charge is -2.12. The molecule has 4 nitrogen and oxygen atoms in total. The smallest absolute Gasteiger partial charge is 0.240 e. The number of aromatic nitrogens is 1. The first kappa shape index (κ1) is 14.8. The quantitative estimate of drug-likeness (QED) is 0.899. The molecule has 1 aromatic heterocycles. The van der Waals surface area contributed by atoms with E-state index in [4.69, 9.17) is 38.4 Å². The zero-order valence-corrected chi connectivity index (χ0v) is 12.6. The lowest BCUT2D eigenvalue weighted by Crippen LogP contribution is -2.09. The van der Waals surface area contributed by atoms with Gasteiger partial charge in [0.2, 0.25) is 11.8 Å². The summed E-state index contributed by atoms with van der Waals surface area (Å²) in [6, 6.07) is 8.31. The summed E-state index contributed by atoms with van der Waals surface area (Å²) >= 11 is 11.8. The maximum atomic E-state index is 5.93. The molecule has 0 aliphatic heterocycles. The fraction of sp³-hybridized carbons (Fsp3) is 0.214. The first-order chi connectivity index (χ1) is 9.45. The maximum absolute atomic E-state index is 5.93. The number of hydrogen-bond donors (Lipinski definition) is 1. The second kappa shape index (κ2) is 6.20. The Morgan fingerprint density at radius 2 is 1.85 bits per heavy atom. The van der Waals surface area contributed by atoms with Crippen LogP contribution in [0.5, 0.6) is 17.5 Å². The molecule has 0 aliphatic rings. The van der Waals surface area contributed by atoms with E-state index >= 15 is 0 Å². The average molecular weight is 313 g/mol. The number of nitrogens with two attached hydrogens (primary N) is 1. The van der Waals surface area contributed by atoms with E-state index in [1.165, 1.54) is 0 Å². The predicted octanol–water partition coefficient (Wildman–Crippen LogP) is 4.55. The van der Waals surface area contributed by atoms with E-state index < -0.39 is 0 Å². The Labute approximate surface area is 127 Å². The summed E-state index contributed by atoms with van der Waals surface area (Å²) in [6.45, 7) is 3.79. The van der Waals surface area contributed by atoms with E-state index in [0.717, 1.165) is 0 Å². The molecule has 2 aromatic rings. The molecule has 20 heavy (non-hydrogen) atoms. The van der Waals surface area contributed by atoms with E-state index in [-0.39, 0.29) is 6.10 Å². The second-order valence-corrected chi connectivity index (χ2v) is 5.20. The number of anilines is 1. The molecule has 106 valence electrons. The van der Waals surface area contributed by atoms with E-state index in [9.17, 15) is 0 Å². The molecule has 1 aromatic carbocycles. The van der Waals surface area contributed by atoms with Crippen LogP contribution in [0.15, 0.2) is 30.3 Å². The number of benzene rings is 1. The summed E-state index contributed by atoms with van der Waals surface area (Å²) in [5, 5.41) is 0.881. The van der Waals surface area contributed by atoms with Crippen molar-refractivity contribution in [2.24, 2.45) is 0 Å². The van der Waals surface area contributed by atoms with Crippen molar-refractivity contribution in [1.29, 1.82) is 0 Å². The maximum Gasteiger partial charge on any atom is 0.240 e. The molecule has 0 saturated carbocycles. The van der Waals surface area contributed by atoms with Crippen molar-refractivity contribution in [3.63, 3.8) is 0 Å². The molecule has 0 fully saturated rings. The number of nitrogen functional groups attached to an aromatic ring is 1. The molecule has 0 bridgehead atoms. The van der Waals surface area contributed by atoms with Crippen LogP contribution in [-0.2, 0) is 0 Å². The summed E-state index contributed by atoms with van der Waals surface area (Å²) in [6.07, 6.45) is -0.0231. The van der Waals surface area contributed by atoms with Crippen LogP contribution in [0.2, 0.25) is 10.0 Å². The Balaban J connectivity index is 2.22. The first-order valence-electron chi connectivity index (χ1n) is 6.02. The van der Waals surface area contributed by atoms with Crippen LogP contribution in [0.25, 0.3) is 0 Å². The van der Waals surface area contributed by atoms with E-state index in [1.54, 1.807) is 30.3 Å².